The Morgan fingerprint density at radius 1 is 1.35 bits per heavy atom. The molecule has 1 N–H and O–H groups in total. The van der Waals surface area contributed by atoms with E-state index in [2.05, 4.69) is 19.2 Å². The van der Waals surface area contributed by atoms with Gasteiger partial charge in [0.05, 0.1) is 6.04 Å². The van der Waals surface area contributed by atoms with Crippen molar-refractivity contribution >= 4 is 6.09 Å². The molecule has 1 aliphatic carbocycles. The molecule has 2 unspecified atom stereocenters. The third-order valence-corrected chi connectivity index (χ3v) is 4.46. The predicted octanol–water partition coefficient (Wildman–Crippen LogP) is 3.02. The lowest BCUT2D eigenvalue weighted by Crippen LogP contribution is -2.57. The van der Waals surface area contributed by atoms with E-state index in [1.165, 1.54) is 19.3 Å². The van der Waals surface area contributed by atoms with E-state index in [1.54, 1.807) is 0 Å². The third kappa shape index (κ3) is 3.87. The Kier molecular flexibility index (Phi) is 4.33. The number of nitrogens with one attached hydrogen (secondary N) is 1. The van der Waals surface area contributed by atoms with Crippen molar-refractivity contribution in [2.75, 3.05) is 19.6 Å². The zero-order valence-corrected chi connectivity index (χ0v) is 13.7. The van der Waals surface area contributed by atoms with Gasteiger partial charge in [-0.2, -0.15) is 0 Å². The average molecular weight is 282 g/mol. The van der Waals surface area contributed by atoms with Crippen molar-refractivity contribution in [2.45, 2.75) is 65.5 Å². The van der Waals surface area contributed by atoms with Crippen molar-refractivity contribution < 1.29 is 9.53 Å². The summed E-state index contributed by atoms with van der Waals surface area (Å²) in [6, 6.07) is 0.292. The number of nitrogens with zero attached hydrogens (tertiary/aromatic N) is 1. The molecule has 1 aliphatic heterocycles. The van der Waals surface area contributed by atoms with Crippen LogP contribution in [0.3, 0.4) is 0 Å². The molecule has 2 fully saturated rings. The molecule has 0 spiro atoms. The minimum absolute atomic E-state index is 0.145. The van der Waals surface area contributed by atoms with E-state index in [0.29, 0.717) is 17.4 Å². The van der Waals surface area contributed by atoms with Gasteiger partial charge in [0.2, 0.25) is 0 Å². The number of amides is 1. The second kappa shape index (κ2) is 5.55. The Morgan fingerprint density at radius 2 is 2.05 bits per heavy atom. The molecule has 20 heavy (non-hydrogen) atoms. The number of carbonyl (C=O) groups excluding carboxylic acids is 1. The molecule has 4 nitrogen and oxygen atoms in total. The standard InChI is InChI=1S/C16H30N2O2/c1-15(2,3)20-14(19)18-9-8-17-11-13(18)12-6-7-16(4,5)10-12/h12-13,17H,6-11H2,1-5H3. The molecule has 1 heterocycles. The van der Waals surface area contributed by atoms with Crippen LogP contribution in [0.2, 0.25) is 0 Å². The van der Waals surface area contributed by atoms with Crippen LogP contribution in [0.4, 0.5) is 4.79 Å². The summed E-state index contributed by atoms with van der Waals surface area (Å²) in [5.41, 5.74) is 0.00315. The number of hydrogen-bond donors (Lipinski definition) is 1. The molecule has 4 heteroatoms. The number of rotatable bonds is 1. The Hall–Kier alpha value is -0.770. The molecular weight excluding hydrogens is 252 g/mol. The lowest BCUT2D eigenvalue weighted by Gasteiger charge is -2.40. The van der Waals surface area contributed by atoms with E-state index in [0.717, 1.165) is 19.6 Å². The average Bonchev–Trinajstić information content (AvgIpc) is 2.67. The van der Waals surface area contributed by atoms with Gasteiger partial charge in [-0.1, -0.05) is 13.8 Å². The second-order valence-corrected chi connectivity index (χ2v) is 8.11. The van der Waals surface area contributed by atoms with Gasteiger partial charge in [-0.15, -0.1) is 0 Å². The van der Waals surface area contributed by atoms with Gasteiger partial charge < -0.3 is 15.0 Å². The first kappa shape index (κ1) is 15.6. The zero-order valence-electron chi connectivity index (χ0n) is 13.7. The summed E-state index contributed by atoms with van der Waals surface area (Å²) < 4.78 is 5.58. The zero-order chi connectivity index (χ0) is 15.0. The normalized spacial score (nSPS) is 30.4. The lowest BCUT2D eigenvalue weighted by atomic mass is 9.87. The molecule has 0 aromatic heterocycles. The van der Waals surface area contributed by atoms with Crippen LogP contribution in [-0.4, -0.2) is 42.3 Å². The lowest BCUT2D eigenvalue weighted by molar-refractivity contribution is 0.00408. The number of piperazine rings is 1. The molecule has 1 amide bonds. The number of hydrogen-bond acceptors (Lipinski definition) is 3. The van der Waals surface area contributed by atoms with Crippen LogP contribution in [-0.2, 0) is 4.74 Å². The van der Waals surface area contributed by atoms with E-state index in [-0.39, 0.29) is 6.09 Å². The fourth-order valence-electron chi connectivity index (χ4n) is 3.51. The van der Waals surface area contributed by atoms with E-state index in [4.69, 9.17) is 4.74 Å². The van der Waals surface area contributed by atoms with E-state index in [1.807, 2.05) is 25.7 Å². The van der Waals surface area contributed by atoms with Crippen molar-refractivity contribution in [3.8, 4) is 0 Å². The minimum Gasteiger partial charge on any atom is -0.444 e. The molecule has 2 rings (SSSR count). The van der Waals surface area contributed by atoms with Gasteiger partial charge in [0.25, 0.3) is 0 Å². The Morgan fingerprint density at radius 3 is 2.60 bits per heavy atom. The van der Waals surface area contributed by atoms with Gasteiger partial charge in [0.15, 0.2) is 0 Å². The summed E-state index contributed by atoms with van der Waals surface area (Å²) in [4.78, 5) is 14.4. The van der Waals surface area contributed by atoms with Crippen LogP contribution >= 0.6 is 0 Å². The van der Waals surface area contributed by atoms with Gasteiger partial charge in [-0.3, -0.25) is 0 Å². The van der Waals surface area contributed by atoms with Gasteiger partial charge in [0.1, 0.15) is 5.60 Å². The highest BCUT2D eigenvalue weighted by atomic mass is 16.6. The molecular formula is C16H30N2O2. The van der Waals surface area contributed by atoms with Crippen molar-refractivity contribution in [3.63, 3.8) is 0 Å². The molecule has 0 aromatic carbocycles. The Balaban J connectivity index is 2.04. The fraction of sp³-hybridized carbons (Fsp3) is 0.938. The Bertz CT molecular complexity index is 360. The Labute approximate surface area is 123 Å². The summed E-state index contributed by atoms with van der Waals surface area (Å²) in [6.45, 7) is 13.0. The number of carbonyl (C=O) groups is 1. The summed E-state index contributed by atoms with van der Waals surface area (Å²) >= 11 is 0. The topological polar surface area (TPSA) is 41.6 Å². The predicted molar refractivity (Wildman–Crippen MR) is 80.7 cm³/mol. The van der Waals surface area contributed by atoms with E-state index in [9.17, 15) is 4.79 Å². The highest BCUT2D eigenvalue weighted by Gasteiger charge is 2.41. The summed E-state index contributed by atoms with van der Waals surface area (Å²) in [5, 5.41) is 3.44. The van der Waals surface area contributed by atoms with E-state index >= 15 is 0 Å². The molecule has 2 aliphatic rings. The first-order valence-corrected chi connectivity index (χ1v) is 7.88. The van der Waals surface area contributed by atoms with Crippen molar-refractivity contribution in [1.82, 2.24) is 10.2 Å². The fourth-order valence-corrected chi connectivity index (χ4v) is 3.51. The first-order valence-electron chi connectivity index (χ1n) is 7.88. The van der Waals surface area contributed by atoms with Gasteiger partial charge >= 0.3 is 6.09 Å². The summed E-state index contributed by atoms with van der Waals surface area (Å²) in [6.07, 6.45) is 3.54. The van der Waals surface area contributed by atoms with Crippen molar-refractivity contribution in [1.29, 1.82) is 0 Å². The van der Waals surface area contributed by atoms with E-state index < -0.39 is 5.60 Å². The maximum atomic E-state index is 12.4. The number of ether oxygens (including phenoxy) is 1. The maximum Gasteiger partial charge on any atom is 0.410 e. The monoisotopic (exact) mass is 282 g/mol. The van der Waals surface area contributed by atoms with Gasteiger partial charge in [0, 0.05) is 19.6 Å². The van der Waals surface area contributed by atoms with Crippen LogP contribution < -0.4 is 5.32 Å². The minimum atomic E-state index is -0.415. The molecule has 1 saturated carbocycles. The second-order valence-electron chi connectivity index (χ2n) is 8.11. The molecule has 0 bridgehead atoms. The molecule has 116 valence electrons. The van der Waals surface area contributed by atoms with Crippen LogP contribution in [0.15, 0.2) is 0 Å². The van der Waals surface area contributed by atoms with Crippen molar-refractivity contribution in [2.24, 2.45) is 11.3 Å². The highest BCUT2D eigenvalue weighted by Crippen LogP contribution is 2.43. The van der Waals surface area contributed by atoms with Crippen LogP contribution in [0.1, 0.15) is 53.9 Å². The summed E-state index contributed by atoms with van der Waals surface area (Å²) in [7, 11) is 0. The molecule has 1 saturated heterocycles. The SMILES string of the molecule is CC1(C)CCC(C2CNCCN2C(=O)OC(C)(C)C)C1. The third-order valence-electron chi connectivity index (χ3n) is 4.46. The van der Waals surface area contributed by atoms with Crippen LogP contribution in [0.25, 0.3) is 0 Å². The van der Waals surface area contributed by atoms with Gasteiger partial charge in [-0.05, 0) is 51.4 Å². The van der Waals surface area contributed by atoms with Gasteiger partial charge in [-0.25, -0.2) is 4.79 Å². The molecule has 2 atom stereocenters. The quantitative estimate of drug-likeness (QED) is 0.804. The van der Waals surface area contributed by atoms with Crippen LogP contribution in [0, 0.1) is 11.3 Å². The van der Waals surface area contributed by atoms with Crippen LogP contribution in [0.5, 0.6) is 0 Å². The maximum absolute atomic E-state index is 12.4. The smallest absolute Gasteiger partial charge is 0.410 e. The first-order chi connectivity index (χ1) is 9.18. The van der Waals surface area contributed by atoms with Crippen molar-refractivity contribution in [3.05, 3.63) is 0 Å². The molecule has 0 radical (unpaired) electrons. The highest BCUT2D eigenvalue weighted by molar-refractivity contribution is 5.68. The molecule has 0 aromatic rings. The largest absolute Gasteiger partial charge is 0.444 e. The summed E-state index contributed by atoms with van der Waals surface area (Å²) in [5.74, 6) is 0.602.